The number of rotatable bonds is 0. The van der Waals surface area contributed by atoms with Gasteiger partial charge < -0.3 is 12.6 Å². The molecule has 1 aliphatic rings. The van der Waals surface area contributed by atoms with Gasteiger partial charge in [-0.05, 0) is 38.2 Å². The molecule has 2 heterocycles. The highest BCUT2D eigenvalue weighted by Gasteiger charge is 2.17. The van der Waals surface area contributed by atoms with Crippen molar-refractivity contribution in [2.45, 2.75) is 37.6 Å². The SMILES string of the molecule is Cc1nc([S-])c2c3c(sc2n1)CCCC3. The fraction of sp³-hybridized carbons (Fsp3) is 0.455. The van der Waals surface area contributed by atoms with E-state index in [9.17, 15) is 0 Å². The number of nitrogens with zero attached hydrogens (tertiary/aromatic N) is 2. The summed E-state index contributed by atoms with van der Waals surface area (Å²) in [5.41, 5.74) is 1.44. The largest absolute Gasteiger partial charge is 0.759 e. The topological polar surface area (TPSA) is 25.8 Å². The highest BCUT2D eigenvalue weighted by atomic mass is 32.1. The molecule has 0 spiro atoms. The molecular formula is C11H11N2S2-. The molecule has 15 heavy (non-hydrogen) atoms. The van der Waals surface area contributed by atoms with Crippen molar-refractivity contribution in [3.63, 3.8) is 0 Å². The van der Waals surface area contributed by atoms with E-state index in [1.165, 1.54) is 29.7 Å². The fourth-order valence-corrected chi connectivity index (χ4v) is 3.95. The molecule has 0 saturated heterocycles. The fourth-order valence-electron chi connectivity index (χ4n) is 2.23. The van der Waals surface area contributed by atoms with Crippen molar-refractivity contribution >= 4 is 34.2 Å². The van der Waals surface area contributed by atoms with E-state index in [4.69, 9.17) is 12.6 Å². The molecule has 1 aliphatic carbocycles. The first kappa shape index (κ1) is 9.48. The van der Waals surface area contributed by atoms with E-state index in [0.717, 1.165) is 27.5 Å². The standard InChI is InChI=1S/C11H12N2S2/c1-6-12-10(14)9-7-4-2-3-5-8(7)15-11(9)13-6/h2-5H2,1H3,(H,12,13,14)/p-1. The Morgan fingerprint density at radius 3 is 2.87 bits per heavy atom. The van der Waals surface area contributed by atoms with Crippen LogP contribution in [0.15, 0.2) is 5.03 Å². The maximum atomic E-state index is 5.34. The smallest absolute Gasteiger partial charge is 0.125 e. The number of aryl methyl sites for hydroxylation is 3. The van der Waals surface area contributed by atoms with Crippen LogP contribution in [0, 0.1) is 6.92 Å². The molecule has 2 nitrogen and oxygen atoms in total. The van der Waals surface area contributed by atoms with Crippen LogP contribution in [0.2, 0.25) is 0 Å². The van der Waals surface area contributed by atoms with E-state index in [1.807, 2.05) is 18.3 Å². The summed E-state index contributed by atoms with van der Waals surface area (Å²) in [6.07, 6.45) is 4.94. The maximum absolute atomic E-state index is 5.34. The molecule has 0 fully saturated rings. The second kappa shape index (κ2) is 3.39. The second-order valence-corrected chi connectivity index (χ2v) is 5.44. The van der Waals surface area contributed by atoms with Gasteiger partial charge in [0.05, 0.1) is 0 Å². The molecule has 0 amide bonds. The molecular weight excluding hydrogens is 224 g/mol. The van der Waals surface area contributed by atoms with Crippen molar-refractivity contribution in [2.24, 2.45) is 0 Å². The predicted molar refractivity (Wildman–Crippen MR) is 64.4 cm³/mol. The molecule has 78 valence electrons. The van der Waals surface area contributed by atoms with Crippen LogP contribution in [0.4, 0.5) is 0 Å². The normalized spacial score (nSPS) is 15.5. The first-order chi connectivity index (χ1) is 7.25. The van der Waals surface area contributed by atoms with Crippen molar-refractivity contribution in [1.82, 2.24) is 9.97 Å². The zero-order valence-electron chi connectivity index (χ0n) is 8.54. The van der Waals surface area contributed by atoms with Crippen molar-refractivity contribution < 1.29 is 0 Å². The van der Waals surface area contributed by atoms with Crippen molar-refractivity contribution in [2.75, 3.05) is 0 Å². The number of thiophene rings is 1. The Labute approximate surface area is 98.2 Å². The molecule has 0 atom stereocenters. The lowest BCUT2D eigenvalue weighted by molar-refractivity contribution is 0.699. The van der Waals surface area contributed by atoms with Crippen LogP contribution in [-0.4, -0.2) is 9.97 Å². The van der Waals surface area contributed by atoms with Gasteiger partial charge in [-0.2, -0.15) is 0 Å². The van der Waals surface area contributed by atoms with Gasteiger partial charge in [0.2, 0.25) is 0 Å². The number of aromatic nitrogens is 2. The van der Waals surface area contributed by atoms with Gasteiger partial charge in [0.15, 0.2) is 0 Å². The molecule has 0 saturated carbocycles. The monoisotopic (exact) mass is 235 g/mol. The van der Waals surface area contributed by atoms with Crippen LogP contribution in [-0.2, 0) is 25.5 Å². The van der Waals surface area contributed by atoms with Gasteiger partial charge in [0.25, 0.3) is 0 Å². The lowest BCUT2D eigenvalue weighted by atomic mass is 9.97. The minimum Gasteiger partial charge on any atom is -0.759 e. The summed E-state index contributed by atoms with van der Waals surface area (Å²) in [6.45, 7) is 1.91. The Morgan fingerprint density at radius 2 is 2.00 bits per heavy atom. The molecule has 0 radical (unpaired) electrons. The highest BCUT2D eigenvalue weighted by Crippen LogP contribution is 2.36. The van der Waals surface area contributed by atoms with Gasteiger partial charge in [-0.25, -0.2) is 4.98 Å². The quantitative estimate of drug-likeness (QED) is 0.519. The van der Waals surface area contributed by atoms with E-state index >= 15 is 0 Å². The Morgan fingerprint density at radius 1 is 1.20 bits per heavy atom. The summed E-state index contributed by atoms with van der Waals surface area (Å²) >= 11 is 7.15. The summed E-state index contributed by atoms with van der Waals surface area (Å²) in [4.78, 5) is 11.4. The first-order valence-electron chi connectivity index (χ1n) is 5.21. The van der Waals surface area contributed by atoms with E-state index in [0.29, 0.717) is 0 Å². The lowest BCUT2D eigenvalue weighted by Crippen LogP contribution is -1.99. The third kappa shape index (κ3) is 1.43. The van der Waals surface area contributed by atoms with Gasteiger partial charge >= 0.3 is 0 Å². The van der Waals surface area contributed by atoms with Gasteiger partial charge in [-0.3, -0.25) is 4.98 Å². The van der Waals surface area contributed by atoms with Crippen LogP contribution in [0.25, 0.3) is 10.2 Å². The third-order valence-corrected chi connectivity index (χ3v) is 4.37. The summed E-state index contributed by atoms with van der Waals surface area (Å²) in [5.74, 6) is 0.797. The minimum atomic E-state index is 0.747. The van der Waals surface area contributed by atoms with Crippen LogP contribution in [0.5, 0.6) is 0 Å². The second-order valence-electron chi connectivity index (χ2n) is 3.97. The molecule has 2 aromatic rings. The van der Waals surface area contributed by atoms with E-state index in [1.54, 1.807) is 0 Å². The van der Waals surface area contributed by atoms with Gasteiger partial charge in [0, 0.05) is 10.3 Å². The minimum absolute atomic E-state index is 0.747. The third-order valence-electron chi connectivity index (χ3n) is 2.89. The maximum Gasteiger partial charge on any atom is 0.125 e. The van der Waals surface area contributed by atoms with Crippen molar-refractivity contribution in [1.29, 1.82) is 0 Å². The molecule has 3 rings (SSSR count). The molecule has 0 bridgehead atoms. The Balaban J connectivity index is 2.37. The van der Waals surface area contributed by atoms with Gasteiger partial charge in [0.1, 0.15) is 10.7 Å². The molecule has 0 aromatic carbocycles. The van der Waals surface area contributed by atoms with Crippen LogP contribution in [0.1, 0.15) is 29.1 Å². The highest BCUT2D eigenvalue weighted by molar-refractivity contribution is 7.59. The van der Waals surface area contributed by atoms with Crippen LogP contribution < -0.4 is 0 Å². The number of hydrogen-bond donors (Lipinski definition) is 0. The van der Waals surface area contributed by atoms with E-state index in [-0.39, 0.29) is 0 Å². The van der Waals surface area contributed by atoms with Crippen molar-refractivity contribution in [3.8, 4) is 0 Å². The molecule has 2 aromatic heterocycles. The van der Waals surface area contributed by atoms with Gasteiger partial charge in [-0.1, -0.05) is 5.03 Å². The van der Waals surface area contributed by atoms with Gasteiger partial charge in [-0.15, -0.1) is 11.3 Å². The number of fused-ring (bicyclic) bond motifs is 3. The zero-order chi connectivity index (χ0) is 10.4. The molecule has 4 heteroatoms. The predicted octanol–water partition coefficient (Wildman–Crippen LogP) is 2.78. The van der Waals surface area contributed by atoms with E-state index < -0.39 is 0 Å². The first-order valence-corrected chi connectivity index (χ1v) is 6.44. The number of hydrogen-bond acceptors (Lipinski definition) is 4. The van der Waals surface area contributed by atoms with E-state index in [2.05, 4.69) is 9.97 Å². The average molecular weight is 235 g/mol. The zero-order valence-corrected chi connectivity index (χ0v) is 10.2. The summed E-state index contributed by atoms with van der Waals surface area (Å²) in [6, 6.07) is 0. The molecule has 0 unspecified atom stereocenters. The summed E-state index contributed by atoms with van der Waals surface area (Å²) in [7, 11) is 0. The summed E-state index contributed by atoms with van der Waals surface area (Å²) < 4.78 is 0. The Kier molecular flexibility index (Phi) is 2.14. The lowest BCUT2D eigenvalue weighted by Gasteiger charge is -2.13. The molecule has 0 N–H and O–H groups in total. The van der Waals surface area contributed by atoms with Crippen LogP contribution >= 0.6 is 11.3 Å². The Hall–Kier alpha value is -0.740. The Bertz CT molecular complexity index is 531. The molecule has 0 aliphatic heterocycles. The summed E-state index contributed by atoms with van der Waals surface area (Å²) in [5, 5.41) is 1.91. The average Bonchev–Trinajstić information content (AvgIpc) is 2.54. The van der Waals surface area contributed by atoms with Crippen LogP contribution in [0.3, 0.4) is 0 Å². The van der Waals surface area contributed by atoms with Crippen molar-refractivity contribution in [3.05, 3.63) is 16.3 Å².